The summed E-state index contributed by atoms with van der Waals surface area (Å²) in [5.41, 5.74) is 5.92. The van der Waals surface area contributed by atoms with Gasteiger partial charge in [-0.3, -0.25) is 0 Å². The first-order valence-electron chi connectivity index (χ1n) is 4.90. The fourth-order valence-electron chi connectivity index (χ4n) is 1.12. The van der Waals surface area contributed by atoms with Crippen molar-refractivity contribution in [3.05, 3.63) is 46.9 Å². The van der Waals surface area contributed by atoms with E-state index in [0.717, 1.165) is 6.20 Å². The largest absolute Gasteiger partial charge is 0.381 e. The molecule has 1 aromatic heterocycles. The van der Waals surface area contributed by atoms with Crippen LogP contribution in [0.2, 0.25) is 5.02 Å². The fraction of sp³-hybridized carbons (Fsp3) is 0. The van der Waals surface area contributed by atoms with Crippen molar-refractivity contribution < 1.29 is 9.23 Å². The standard InChI is InChI=1S/C11H8ClFN4O/c12-8-4-2-1-3-7(8)5-16-18-11-15-6-9(13)10(14)17-11/h1-6H,(H2,14,15,17). The Morgan fingerprint density at radius 1 is 1.39 bits per heavy atom. The smallest absolute Gasteiger partial charge is 0.347 e. The average Bonchev–Trinajstić information content (AvgIpc) is 2.36. The van der Waals surface area contributed by atoms with Gasteiger partial charge in [0.25, 0.3) is 0 Å². The Hall–Kier alpha value is -2.21. The predicted molar refractivity (Wildman–Crippen MR) is 66.1 cm³/mol. The van der Waals surface area contributed by atoms with Gasteiger partial charge in [0, 0.05) is 10.6 Å². The molecule has 92 valence electrons. The normalized spacial score (nSPS) is 10.8. The summed E-state index contributed by atoms with van der Waals surface area (Å²) in [6, 6.07) is 6.94. The first kappa shape index (κ1) is 12.3. The first-order valence-corrected chi connectivity index (χ1v) is 5.27. The van der Waals surface area contributed by atoms with E-state index in [2.05, 4.69) is 15.1 Å². The second-order valence-electron chi connectivity index (χ2n) is 3.23. The summed E-state index contributed by atoms with van der Waals surface area (Å²) in [5.74, 6) is -1.01. The monoisotopic (exact) mass is 266 g/mol. The summed E-state index contributed by atoms with van der Waals surface area (Å²) in [6.07, 6.45) is 2.30. The Morgan fingerprint density at radius 3 is 2.89 bits per heavy atom. The molecule has 5 nitrogen and oxygen atoms in total. The molecule has 7 heteroatoms. The molecular weight excluding hydrogens is 259 g/mol. The second kappa shape index (κ2) is 5.42. The number of rotatable bonds is 3. The van der Waals surface area contributed by atoms with Crippen molar-refractivity contribution in [3.63, 3.8) is 0 Å². The summed E-state index contributed by atoms with van der Waals surface area (Å²) in [5, 5.41) is 4.16. The van der Waals surface area contributed by atoms with Gasteiger partial charge in [0.05, 0.1) is 12.4 Å². The highest BCUT2D eigenvalue weighted by atomic mass is 35.5. The van der Waals surface area contributed by atoms with Crippen LogP contribution in [0.4, 0.5) is 10.2 Å². The Bertz CT molecular complexity index is 591. The average molecular weight is 267 g/mol. The number of halogens is 2. The number of benzene rings is 1. The summed E-state index contributed by atoms with van der Waals surface area (Å²) >= 11 is 5.90. The van der Waals surface area contributed by atoms with Gasteiger partial charge in [-0.15, -0.1) is 0 Å². The molecule has 0 radical (unpaired) electrons. The Balaban J connectivity index is 2.07. The number of nitrogen functional groups attached to an aromatic ring is 1. The van der Waals surface area contributed by atoms with Crippen LogP contribution in [0.25, 0.3) is 0 Å². The minimum Gasteiger partial charge on any atom is -0.381 e. The highest BCUT2D eigenvalue weighted by Gasteiger charge is 2.03. The molecule has 0 bridgehead atoms. The van der Waals surface area contributed by atoms with Crippen LogP contribution in [0.1, 0.15) is 5.56 Å². The third-order valence-corrected chi connectivity index (χ3v) is 2.32. The van der Waals surface area contributed by atoms with Crippen LogP contribution in [0.15, 0.2) is 35.6 Å². The molecule has 0 amide bonds. The molecule has 0 atom stereocenters. The predicted octanol–water partition coefficient (Wildman–Crippen LogP) is 2.26. The number of hydrogen-bond acceptors (Lipinski definition) is 5. The lowest BCUT2D eigenvalue weighted by Gasteiger charge is -1.98. The van der Waals surface area contributed by atoms with Gasteiger partial charge in [-0.1, -0.05) is 35.0 Å². The number of anilines is 1. The van der Waals surface area contributed by atoms with Crippen LogP contribution in [0, 0.1) is 5.82 Å². The van der Waals surface area contributed by atoms with E-state index in [1.165, 1.54) is 6.21 Å². The molecule has 18 heavy (non-hydrogen) atoms. The van der Waals surface area contributed by atoms with Gasteiger partial charge in [0.2, 0.25) is 0 Å². The molecule has 0 saturated carbocycles. The van der Waals surface area contributed by atoms with Gasteiger partial charge in [0.15, 0.2) is 11.6 Å². The van der Waals surface area contributed by atoms with Crippen molar-refractivity contribution in [1.29, 1.82) is 0 Å². The highest BCUT2D eigenvalue weighted by Crippen LogP contribution is 2.13. The van der Waals surface area contributed by atoms with Crippen LogP contribution in [0.5, 0.6) is 6.01 Å². The maximum absolute atomic E-state index is 12.8. The van der Waals surface area contributed by atoms with E-state index in [-0.39, 0.29) is 11.8 Å². The van der Waals surface area contributed by atoms with Gasteiger partial charge in [-0.05, 0) is 6.07 Å². The molecule has 0 unspecified atom stereocenters. The van der Waals surface area contributed by atoms with Crippen molar-refractivity contribution in [2.24, 2.45) is 5.16 Å². The van der Waals surface area contributed by atoms with Gasteiger partial charge >= 0.3 is 6.01 Å². The number of aromatic nitrogens is 2. The van der Waals surface area contributed by atoms with Crippen LogP contribution >= 0.6 is 11.6 Å². The summed E-state index contributed by atoms with van der Waals surface area (Å²) in [4.78, 5) is 11.9. The summed E-state index contributed by atoms with van der Waals surface area (Å²) in [7, 11) is 0. The highest BCUT2D eigenvalue weighted by molar-refractivity contribution is 6.33. The van der Waals surface area contributed by atoms with Crippen molar-refractivity contribution in [2.75, 3.05) is 5.73 Å². The van der Waals surface area contributed by atoms with E-state index in [4.69, 9.17) is 22.2 Å². The number of nitrogens with two attached hydrogens (primary N) is 1. The molecule has 2 rings (SSSR count). The summed E-state index contributed by atoms with van der Waals surface area (Å²) in [6.45, 7) is 0. The zero-order valence-corrected chi connectivity index (χ0v) is 9.80. The topological polar surface area (TPSA) is 73.4 Å². The lowest BCUT2D eigenvalue weighted by atomic mass is 10.2. The Morgan fingerprint density at radius 2 is 2.17 bits per heavy atom. The fourth-order valence-corrected chi connectivity index (χ4v) is 1.30. The van der Waals surface area contributed by atoms with E-state index in [1.807, 2.05) is 0 Å². The lowest BCUT2D eigenvalue weighted by molar-refractivity contribution is 0.314. The lowest BCUT2D eigenvalue weighted by Crippen LogP contribution is -1.99. The van der Waals surface area contributed by atoms with E-state index >= 15 is 0 Å². The van der Waals surface area contributed by atoms with Crippen molar-refractivity contribution >= 4 is 23.6 Å². The second-order valence-corrected chi connectivity index (χ2v) is 3.64. The SMILES string of the molecule is Nc1nc(ON=Cc2ccccc2Cl)ncc1F. The molecule has 0 aliphatic rings. The third kappa shape index (κ3) is 2.92. The maximum Gasteiger partial charge on any atom is 0.347 e. The minimum absolute atomic E-state index is 0.141. The quantitative estimate of drug-likeness (QED) is 0.683. The molecule has 0 fully saturated rings. The number of nitrogens with zero attached hydrogens (tertiary/aromatic N) is 3. The number of oxime groups is 1. The Labute approximate surface area is 107 Å². The molecule has 2 aromatic rings. The molecule has 0 aliphatic carbocycles. The Kier molecular flexibility index (Phi) is 3.69. The van der Waals surface area contributed by atoms with Gasteiger partial charge in [-0.25, -0.2) is 4.39 Å². The first-order chi connectivity index (χ1) is 8.66. The number of hydrogen-bond donors (Lipinski definition) is 1. The molecule has 0 spiro atoms. The van der Waals surface area contributed by atoms with Crippen LogP contribution < -0.4 is 10.6 Å². The van der Waals surface area contributed by atoms with Crippen LogP contribution in [-0.4, -0.2) is 16.2 Å². The van der Waals surface area contributed by atoms with Crippen molar-refractivity contribution in [3.8, 4) is 6.01 Å². The van der Waals surface area contributed by atoms with Gasteiger partial charge < -0.3 is 10.6 Å². The van der Waals surface area contributed by atoms with E-state index in [0.29, 0.717) is 10.6 Å². The van der Waals surface area contributed by atoms with E-state index < -0.39 is 5.82 Å². The van der Waals surface area contributed by atoms with E-state index in [9.17, 15) is 4.39 Å². The molecule has 1 aromatic carbocycles. The molecule has 0 saturated heterocycles. The molecular formula is C11H8ClFN4O. The third-order valence-electron chi connectivity index (χ3n) is 1.98. The zero-order valence-electron chi connectivity index (χ0n) is 9.05. The zero-order chi connectivity index (χ0) is 13.0. The summed E-state index contributed by atoms with van der Waals surface area (Å²) < 4.78 is 12.8. The van der Waals surface area contributed by atoms with Crippen molar-refractivity contribution in [1.82, 2.24) is 9.97 Å². The minimum atomic E-state index is -0.711. The van der Waals surface area contributed by atoms with Crippen molar-refractivity contribution in [2.45, 2.75) is 0 Å². The molecule has 0 aliphatic heterocycles. The van der Waals surface area contributed by atoms with Crippen LogP contribution in [-0.2, 0) is 0 Å². The van der Waals surface area contributed by atoms with Gasteiger partial charge in [-0.2, -0.15) is 9.97 Å². The molecule has 1 heterocycles. The molecule has 2 N–H and O–H groups in total. The van der Waals surface area contributed by atoms with Crippen LogP contribution in [0.3, 0.4) is 0 Å². The maximum atomic E-state index is 12.8. The van der Waals surface area contributed by atoms with E-state index in [1.54, 1.807) is 24.3 Å². The van der Waals surface area contributed by atoms with Gasteiger partial charge in [0.1, 0.15) is 0 Å².